The molecule has 1 aliphatic rings. The first-order valence-corrected chi connectivity index (χ1v) is 7.25. The van der Waals surface area contributed by atoms with E-state index in [1.807, 2.05) is 13.0 Å². The van der Waals surface area contributed by atoms with Crippen molar-refractivity contribution in [2.24, 2.45) is 5.92 Å². The fraction of sp³-hybridized carbons (Fsp3) is 0.533. The number of rotatable bonds is 3. The van der Waals surface area contributed by atoms with Crippen LogP contribution in [-0.4, -0.2) is 46.8 Å². The maximum Gasteiger partial charge on any atom is 0.254 e. The van der Waals surface area contributed by atoms with Gasteiger partial charge in [0.15, 0.2) is 0 Å². The van der Waals surface area contributed by atoms with Crippen LogP contribution in [0.2, 0.25) is 5.02 Å². The summed E-state index contributed by atoms with van der Waals surface area (Å²) in [6, 6.07) is 4.91. The Morgan fingerprint density at radius 1 is 1.40 bits per heavy atom. The second kappa shape index (κ2) is 6.57. The molecule has 1 aromatic carbocycles. The van der Waals surface area contributed by atoms with Crippen LogP contribution < -0.4 is 0 Å². The summed E-state index contributed by atoms with van der Waals surface area (Å²) in [5, 5.41) is 19.5. The zero-order valence-corrected chi connectivity index (χ0v) is 12.3. The van der Waals surface area contributed by atoms with Crippen molar-refractivity contribution in [1.82, 2.24) is 4.90 Å². The van der Waals surface area contributed by atoms with E-state index in [4.69, 9.17) is 11.6 Å². The third-order valence-electron chi connectivity index (χ3n) is 4.02. The number of aliphatic hydroxyl groups is 2. The Morgan fingerprint density at radius 2 is 2.15 bits per heavy atom. The smallest absolute Gasteiger partial charge is 0.254 e. The molecule has 0 aliphatic carbocycles. The van der Waals surface area contributed by atoms with Gasteiger partial charge in [-0.15, -0.1) is 0 Å². The number of hydrogen-bond acceptors (Lipinski definition) is 3. The van der Waals surface area contributed by atoms with Crippen LogP contribution >= 0.6 is 11.6 Å². The highest BCUT2D eigenvalue weighted by Crippen LogP contribution is 2.26. The van der Waals surface area contributed by atoms with E-state index in [0.29, 0.717) is 17.1 Å². The lowest BCUT2D eigenvalue weighted by Gasteiger charge is -2.39. The van der Waals surface area contributed by atoms with E-state index in [2.05, 4.69) is 0 Å². The number of hydrogen-bond donors (Lipinski definition) is 2. The molecular weight excluding hydrogens is 278 g/mol. The van der Waals surface area contributed by atoms with Crippen molar-refractivity contribution >= 4 is 17.5 Å². The van der Waals surface area contributed by atoms with Gasteiger partial charge >= 0.3 is 0 Å². The topological polar surface area (TPSA) is 60.8 Å². The molecule has 0 radical (unpaired) electrons. The van der Waals surface area contributed by atoms with Crippen LogP contribution in [0.25, 0.3) is 0 Å². The van der Waals surface area contributed by atoms with Gasteiger partial charge in [-0.05, 0) is 37.5 Å². The number of carbonyl (C=O) groups excluding carboxylic acids is 1. The summed E-state index contributed by atoms with van der Waals surface area (Å²) in [6.45, 7) is 2.35. The van der Waals surface area contributed by atoms with Crippen LogP contribution in [0.1, 0.15) is 28.8 Å². The van der Waals surface area contributed by atoms with Crippen LogP contribution in [0.15, 0.2) is 18.2 Å². The summed E-state index contributed by atoms with van der Waals surface area (Å²) >= 11 is 6.06. The second-order valence-electron chi connectivity index (χ2n) is 5.30. The zero-order valence-electron chi connectivity index (χ0n) is 11.6. The minimum Gasteiger partial charge on any atom is -0.396 e. The molecule has 110 valence electrons. The molecule has 1 aliphatic heterocycles. The molecule has 1 saturated heterocycles. The number of benzene rings is 1. The van der Waals surface area contributed by atoms with E-state index in [-0.39, 0.29) is 31.1 Å². The van der Waals surface area contributed by atoms with E-state index in [1.54, 1.807) is 17.0 Å². The second-order valence-corrected chi connectivity index (χ2v) is 5.70. The van der Waals surface area contributed by atoms with Gasteiger partial charge in [-0.2, -0.15) is 0 Å². The van der Waals surface area contributed by atoms with Crippen molar-refractivity contribution in [1.29, 1.82) is 0 Å². The third kappa shape index (κ3) is 2.97. The summed E-state index contributed by atoms with van der Waals surface area (Å²) < 4.78 is 0. The monoisotopic (exact) mass is 297 g/mol. The molecule has 0 spiro atoms. The number of piperidine rings is 1. The molecule has 4 nitrogen and oxygen atoms in total. The van der Waals surface area contributed by atoms with Crippen molar-refractivity contribution in [2.75, 3.05) is 19.8 Å². The summed E-state index contributed by atoms with van der Waals surface area (Å²) in [5.74, 6) is -0.192. The first kappa shape index (κ1) is 15.3. The van der Waals surface area contributed by atoms with Crippen LogP contribution in [0.4, 0.5) is 0 Å². The predicted octanol–water partition coefficient (Wildman–Crippen LogP) is 1.85. The Labute approximate surface area is 124 Å². The largest absolute Gasteiger partial charge is 0.396 e. The molecule has 1 amide bonds. The molecule has 1 heterocycles. The molecule has 0 bridgehead atoms. The highest BCUT2D eigenvalue weighted by atomic mass is 35.5. The number of likely N-dealkylation sites (tertiary alicyclic amines) is 1. The standard InChI is InChI=1S/C15H20ClNO3/c1-10-4-5-11(7-13(10)16)15(20)17-6-2-3-12(8-18)14(17)9-19/h4-5,7,12,14,18-19H,2-3,6,8-9H2,1H3/t12-,14+/m0/s1. The number of carbonyl (C=O) groups is 1. The number of amides is 1. The molecule has 2 rings (SSSR count). The van der Waals surface area contributed by atoms with Crippen molar-refractivity contribution in [3.05, 3.63) is 34.3 Å². The van der Waals surface area contributed by atoms with Crippen molar-refractivity contribution in [3.8, 4) is 0 Å². The van der Waals surface area contributed by atoms with E-state index in [0.717, 1.165) is 18.4 Å². The molecule has 2 N–H and O–H groups in total. The van der Waals surface area contributed by atoms with Gasteiger partial charge in [0.1, 0.15) is 0 Å². The van der Waals surface area contributed by atoms with Crippen LogP contribution in [-0.2, 0) is 0 Å². The van der Waals surface area contributed by atoms with E-state index in [9.17, 15) is 15.0 Å². The molecular formula is C15H20ClNO3. The van der Waals surface area contributed by atoms with Crippen molar-refractivity contribution in [3.63, 3.8) is 0 Å². The Morgan fingerprint density at radius 3 is 2.75 bits per heavy atom. The Kier molecular flexibility index (Phi) is 5.02. The van der Waals surface area contributed by atoms with Crippen LogP contribution in [0.5, 0.6) is 0 Å². The third-order valence-corrected chi connectivity index (χ3v) is 4.43. The lowest BCUT2D eigenvalue weighted by Crippen LogP contribution is -2.51. The van der Waals surface area contributed by atoms with Gasteiger partial charge in [0.25, 0.3) is 5.91 Å². The number of aryl methyl sites for hydroxylation is 1. The highest BCUT2D eigenvalue weighted by molar-refractivity contribution is 6.31. The van der Waals surface area contributed by atoms with E-state index >= 15 is 0 Å². The van der Waals surface area contributed by atoms with E-state index in [1.165, 1.54) is 0 Å². The number of nitrogens with zero attached hydrogens (tertiary/aromatic N) is 1. The quantitative estimate of drug-likeness (QED) is 0.895. The fourth-order valence-corrected chi connectivity index (χ4v) is 2.92. The predicted molar refractivity (Wildman–Crippen MR) is 77.9 cm³/mol. The van der Waals surface area contributed by atoms with Gasteiger partial charge in [-0.3, -0.25) is 4.79 Å². The van der Waals surface area contributed by atoms with Gasteiger partial charge in [0.05, 0.1) is 12.6 Å². The van der Waals surface area contributed by atoms with Gasteiger partial charge < -0.3 is 15.1 Å². The number of aliphatic hydroxyl groups excluding tert-OH is 2. The first-order valence-electron chi connectivity index (χ1n) is 6.87. The highest BCUT2D eigenvalue weighted by Gasteiger charge is 2.33. The Balaban J connectivity index is 2.24. The average Bonchev–Trinajstić information content (AvgIpc) is 2.48. The maximum atomic E-state index is 12.6. The van der Waals surface area contributed by atoms with Gasteiger partial charge in [0, 0.05) is 29.7 Å². The molecule has 1 fully saturated rings. The zero-order chi connectivity index (χ0) is 14.7. The SMILES string of the molecule is Cc1ccc(C(=O)N2CCC[C@@H](CO)[C@H]2CO)cc1Cl. The Hall–Kier alpha value is -1.10. The van der Waals surface area contributed by atoms with Crippen LogP contribution in [0.3, 0.4) is 0 Å². The van der Waals surface area contributed by atoms with Gasteiger partial charge in [-0.25, -0.2) is 0 Å². The van der Waals surface area contributed by atoms with Gasteiger partial charge in [-0.1, -0.05) is 17.7 Å². The minimum absolute atomic E-state index is 0.0103. The summed E-state index contributed by atoms with van der Waals surface area (Å²) in [4.78, 5) is 14.2. The summed E-state index contributed by atoms with van der Waals surface area (Å²) in [5.41, 5.74) is 1.45. The normalized spacial score (nSPS) is 22.9. The molecule has 0 saturated carbocycles. The number of halogens is 1. The maximum absolute atomic E-state index is 12.6. The van der Waals surface area contributed by atoms with Crippen LogP contribution in [0, 0.1) is 12.8 Å². The molecule has 2 atom stereocenters. The van der Waals surface area contributed by atoms with Crippen molar-refractivity contribution in [2.45, 2.75) is 25.8 Å². The lowest BCUT2D eigenvalue weighted by atomic mass is 9.89. The van der Waals surface area contributed by atoms with Gasteiger partial charge in [0.2, 0.25) is 0 Å². The van der Waals surface area contributed by atoms with Crippen molar-refractivity contribution < 1.29 is 15.0 Å². The molecule has 0 aromatic heterocycles. The molecule has 1 aromatic rings. The molecule has 0 unspecified atom stereocenters. The van der Waals surface area contributed by atoms with E-state index < -0.39 is 0 Å². The summed E-state index contributed by atoms with van der Waals surface area (Å²) in [7, 11) is 0. The molecule has 5 heteroatoms. The summed E-state index contributed by atoms with van der Waals surface area (Å²) in [6.07, 6.45) is 1.67. The minimum atomic E-state index is -0.318. The average molecular weight is 298 g/mol. The Bertz CT molecular complexity index is 492. The molecule has 20 heavy (non-hydrogen) atoms. The fourth-order valence-electron chi connectivity index (χ4n) is 2.74. The first-order chi connectivity index (χ1) is 9.58. The lowest BCUT2D eigenvalue weighted by molar-refractivity contribution is 0.0188.